The van der Waals surface area contributed by atoms with Crippen LogP contribution in [0.25, 0.3) is 0 Å². The molecule has 1 aromatic rings. The summed E-state index contributed by atoms with van der Waals surface area (Å²) in [4.78, 5) is 17.8. The largest absolute Gasteiger partial charge is 0.342 e. The van der Waals surface area contributed by atoms with E-state index in [2.05, 4.69) is 4.98 Å². The molecule has 1 aliphatic rings. The normalized spacial score (nSPS) is 16.7. The highest BCUT2D eigenvalue weighted by Gasteiger charge is 2.16. The first kappa shape index (κ1) is 11.0. The van der Waals surface area contributed by atoms with Crippen LogP contribution >= 0.6 is 23.1 Å². The fourth-order valence-corrected chi connectivity index (χ4v) is 3.15. The van der Waals surface area contributed by atoms with Gasteiger partial charge in [-0.1, -0.05) is 0 Å². The maximum absolute atomic E-state index is 11.8. The minimum Gasteiger partial charge on any atom is -0.342 e. The van der Waals surface area contributed by atoms with Gasteiger partial charge in [0.1, 0.15) is 0 Å². The van der Waals surface area contributed by atoms with Gasteiger partial charge in [0, 0.05) is 13.1 Å². The van der Waals surface area contributed by atoms with E-state index in [1.54, 1.807) is 28.6 Å². The van der Waals surface area contributed by atoms with Gasteiger partial charge in [0.15, 0.2) is 0 Å². The van der Waals surface area contributed by atoms with Gasteiger partial charge in [0.05, 0.1) is 21.7 Å². The first-order valence-corrected chi connectivity index (χ1v) is 7.02. The van der Waals surface area contributed by atoms with Crippen molar-refractivity contribution in [1.29, 1.82) is 0 Å². The van der Waals surface area contributed by atoms with Crippen molar-refractivity contribution in [3.63, 3.8) is 0 Å². The van der Waals surface area contributed by atoms with Crippen molar-refractivity contribution in [3.05, 3.63) is 11.7 Å². The van der Waals surface area contributed by atoms with Gasteiger partial charge in [-0.15, -0.1) is 23.1 Å². The quantitative estimate of drug-likeness (QED) is 0.762. The predicted octanol–water partition coefficient (Wildman–Crippen LogP) is 2.25. The van der Waals surface area contributed by atoms with Gasteiger partial charge in [-0.05, 0) is 19.3 Å². The molecule has 82 valence electrons. The molecule has 0 N–H and O–H groups in total. The number of amides is 1. The van der Waals surface area contributed by atoms with Crippen LogP contribution in [0.2, 0.25) is 0 Å². The van der Waals surface area contributed by atoms with E-state index in [0.29, 0.717) is 5.75 Å². The van der Waals surface area contributed by atoms with Crippen molar-refractivity contribution in [2.45, 2.75) is 23.5 Å². The number of aromatic nitrogens is 1. The maximum atomic E-state index is 11.8. The third-order valence-electron chi connectivity index (χ3n) is 2.46. The molecular weight excluding hydrogens is 228 g/mol. The Hall–Kier alpha value is -0.550. The van der Waals surface area contributed by atoms with Crippen LogP contribution in [0.15, 0.2) is 15.9 Å². The van der Waals surface area contributed by atoms with E-state index in [4.69, 9.17) is 0 Å². The summed E-state index contributed by atoms with van der Waals surface area (Å²) in [6.45, 7) is 1.89. The first-order valence-electron chi connectivity index (χ1n) is 5.15. The van der Waals surface area contributed by atoms with Gasteiger partial charge in [0.2, 0.25) is 5.91 Å². The van der Waals surface area contributed by atoms with E-state index in [0.717, 1.165) is 30.1 Å². The number of carbonyl (C=O) groups excluding carboxylic acids is 1. The third kappa shape index (κ3) is 3.21. The topological polar surface area (TPSA) is 33.2 Å². The molecule has 0 atom stereocenters. The molecule has 3 nitrogen and oxygen atoms in total. The number of carbonyl (C=O) groups is 1. The van der Waals surface area contributed by atoms with Crippen LogP contribution in [-0.2, 0) is 4.79 Å². The molecule has 0 saturated carbocycles. The van der Waals surface area contributed by atoms with Crippen molar-refractivity contribution in [1.82, 2.24) is 9.88 Å². The van der Waals surface area contributed by atoms with Crippen LogP contribution in [0.1, 0.15) is 19.3 Å². The second-order valence-corrected chi connectivity index (χ2v) is 5.71. The predicted molar refractivity (Wildman–Crippen MR) is 63.3 cm³/mol. The second kappa shape index (κ2) is 5.51. The summed E-state index contributed by atoms with van der Waals surface area (Å²) < 4.78 is 1.13. The van der Waals surface area contributed by atoms with Crippen molar-refractivity contribution < 1.29 is 4.79 Å². The Bertz CT molecular complexity index is 307. The molecule has 1 saturated heterocycles. The maximum Gasteiger partial charge on any atom is 0.232 e. The molecule has 1 amide bonds. The van der Waals surface area contributed by atoms with Crippen molar-refractivity contribution in [2.24, 2.45) is 0 Å². The summed E-state index contributed by atoms with van der Waals surface area (Å²) in [6, 6.07) is 0. The van der Waals surface area contributed by atoms with Crippen LogP contribution in [0.4, 0.5) is 0 Å². The second-order valence-electron chi connectivity index (χ2n) is 3.55. The zero-order valence-corrected chi connectivity index (χ0v) is 10.1. The summed E-state index contributed by atoms with van der Waals surface area (Å²) in [5, 5.41) is 0. The van der Waals surface area contributed by atoms with Crippen LogP contribution < -0.4 is 0 Å². The molecule has 0 aromatic carbocycles. The standard InChI is InChI=1S/C10H14N2OS2/c13-9(12-4-2-1-3-5-12)7-14-10-6-11-8-15-10/h6,8H,1-5,7H2. The van der Waals surface area contributed by atoms with Crippen LogP contribution in [0, 0.1) is 0 Å². The lowest BCUT2D eigenvalue weighted by molar-refractivity contribution is -0.129. The lowest BCUT2D eigenvalue weighted by Crippen LogP contribution is -2.36. The van der Waals surface area contributed by atoms with Crippen molar-refractivity contribution >= 4 is 29.0 Å². The number of likely N-dealkylation sites (tertiary alicyclic amines) is 1. The third-order valence-corrected chi connectivity index (χ3v) is 4.44. The molecule has 2 rings (SSSR count). The highest BCUT2D eigenvalue weighted by molar-refractivity contribution is 8.01. The highest BCUT2D eigenvalue weighted by atomic mass is 32.2. The molecular formula is C10H14N2OS2. The summed E-state index contributed by atoms with van der Waals surface area (Å²) in [5.41, 5.74) is 1.80. The molecule has 1 aliphatic heterocycles. The van der Waals surface area contributed by atoms with Gasteiger partial charge in [0.25, 0.3) is 0 Å². The smallest absolute Gasteiger partial charge is 0.232 e. The van der Waals surface area contributed by atoms with Crippen LogP contribution in [-0.4, -0.2) is 34.6 Å². The fourth-order valence-electron chi connectivity index (χ4n) is 1.64. The molecule has 15 heavy (non-hydrogen) atoms. The number of thiazole rings is 1. The number of piperidine rings is 1. The minimum absolute atomic E-state index is 0.271. The lowest BCUT2D eigenvalue weighted by Gasteiger charge is -2.26. The summed E-state index contributed by atoms with van der Waals surface area (Å²) >= 11 is 3.19. The molecule has 0 radical (unpaired) electrons. The van der Waals surface area contributed by atoms with E-state index in [-0.39, 0.29) is 5.91 Å². The average molecular weight is 242 g/mol. The zero-order chi connectivity index (χ0) is 10.5. The van der Waals surface area contributed by atoms with Crippen molar-refractivity contribution in [3.8, 4) is 0 Å². The molecule has 2 heterocycles. The Kier molecular flexibility index (Phi) is 4.02. The van der Waals surface area contributed by atoms with Gasteiger partial charge in [-0.25, -0.2) is 0 Å². The van der Waals surface area contributed by atoms with Gasteiger partial charge in [-0.2, -0.15) is 0 Å². The number of hydrogen-bond donors (Lipinski definition) is 0. The number of rotatable bonds is 3. The van der Waals surface area contributed by atoms with E-state index >= 15 is 0 Å². The molecule has 1 fully saturated rings. The van der Waals surface area contributed by atoms with E-state index in [1.807, 2.05) is 11.1 Å². The van der Waals surface area contributed by atoms with Crippen molar-refractivity contribution in [2.75, 3.05) is 18.8 Å². The fraction of sp³-hybridized carbons (Fsp3) is 0.600. The summed E-state index contributed by atoms with van der Waals surface area (Å²) in [5.74, 6) is 0.829. The zero-order valence-electron chi connectivity index (χ0n) is 8.52. The van der Waals surface area contributed by atoms with Gasteiger partial charge < -0.3 is 4.90 Å². The Morgan fingerprint density at radius 1 is 1.47 bits per heavy atom. The summed E-state index contributed by atoms with van der Waals surface area (Å²) in [7, 11) is 0. The SMILES string of the molecule is O=C(CSc1cncs1)N1CCCCC1. The van der Waals surface area contributed by atoms with E-state index in [1.165, 1.54) is 6.42 Å². The molecule has 5 heteroatoms. The highest BCUT2D eigenvalue weighted by Crippen LogP contribution is 2.22. The van der Waals surface area contributed by atoms with Crippen LogP contribution in [0.3, 0.4) is 0 Å². The summed E-state index contributed by atoms with van der Waals surface area (Å²) in [6.07, 6.45) is 5.42. The van der Waals surface area contributed by atoms with Gasteiger partial charge in [-0.3, -0.25) is 9.78 Å². The Labute approximate surface area is 97.9 Å². The number of nitrogens with zero attached hydrogens (tertiary/aromatic N) is 2. The van der Waals surface area contributed by atoms with E-state index in [9.17, 15) is 4.79 Å². The molecule has 0 bridgehead atoms. The van der Waals surface area contributed by atoms with Crippen LogP contribution in [0.5, 0.6) is 0 Å². The number of hydrogen-bond acceptors (Lipinski definition) is 4. The van der Waals surface area contributed by atoms with Gasteiger partial charge >= 0.3 is 0 Å². The Morgan fingerprint density at radius 2 is 2.27 bits per heavy atom. The molecule has 0 unspecified atom stereocenters. The Balaban J connectivity index is 1.76. The first-order chi connectivity index (χ1) is 7.36. The number of thioether (sulfide) groups is 1. The molecule has 0 aliphatic carbocycles. The molecule has 1 aromatic heterocycles. The lowest BCUT2D eigenvalue weighted by atomic mass is 10.1. The Morgan fingerprint density at radius 3 is 2.93 bits per heavy atom. The average Bonchev–Trinajstić information content (AvgIpc) is 2.80. The monoisotopic (exact) mass is 242 g/mol. The molecule has 0 spiro atoms. The van der Waals surface area contributed by atoms with E-state index < -0.39 is 0 Å². The minimum atomic E-state index is 0.271.